The van der Waals surface area contributed by atoms with Gasteiger partial charge < -0.3 is 9.88 Å². The van der Waals surface area contributed by atoms with Crippen LogP contribution >= 0.6 is 0 Å². The third kappa shape index (κ3) is 3.82. The van der Waals surface area contributed by atoms with Crippen LogP contribution in [0.25, 0.3) is 0 Å². The number of nitrogens with zero attached hydrogens (tertiary/aromatic N) is 5. The molecule has 8 heteroatoms. The van der Waals surface area contributed by atoms with Crippen LogP contribution in [0.4, 0.5) is 0 Å². The summed E-state index contributed by atoms with van der Waals surface area (Å²) in [6.45, 7) is 3.68. The molecular formula is C15H20N6O2. The maximum Gasteiger partial charge on any atom is 0.251 e. The zero-order valence-electron chi connectivity index (χ0n) is 13.1. The van der Waals surface area contributed by atoms with Crippen molar-refractivity contribution in [1.82, 2.24) is 29.6 Å². The number of carbonyl (C=O) groups is 1. The molecule has 1 aliphatic heterocycles. The maximum absolute atomic E-state index is 12.4. The van der Waals surface area contributed by atoms with Crippen molar-refractivity contribution in [3.63, 3.8) is 0 Å². The van der Waals surface area contributed by atoms with Gasteiger partial charge in [-0.05, 0) is 19.8 Å². The molecule has 1 saturated heterocycles. The third-order valence-electron chi connectivity index (χ3n) is 4.09. The van der Waals surface area contributed by atoms with Crippen molar-refractivity contribution in [2.24, 2.45) is 0 Å². The predicted octanol–water partition coefficient (Wildman–Crippen LogP) is 0.466. The van der Waals surface area contributed by atoms with Crippen molar-refractivity contribution in [1.29, 1.82) is 0 Å². The summed E-state index contributed by atoms with van der Waals surface area (Å²) >= 11 is 0. The van der Waals surface area contributed by atoms with E-state index in [4.69, 9.17) is 0 Å². The van der Waals surface area contributed by atoms with Gasteiger partial charge in [-0.3, -0.25) is 14.3 Å². The molecule has 23 heavy (non-hydrogen) atoms. The molecule has 0 aromatic carbocycles. The number of hydrogen-bond donors (Lipinski definition) is 1. The van der Waals surface area contributed by atoms with Gasteiger partial charge in [0.15, 0.2) is 0 Å². The van der Waals surface area contributed by atoms with Crippen LogP contribution in [-0.4, -0.2) is 48.6 Å². The van der Waals surface area contributed by atoms with E-state index < -0.39 is 0 Å². The second kappa shape index (κ2) is 6.72. The molecule has 1 atom stereocenters. The van der Waals surface area contributed by atoms with Crippen molar-refractivity contribution in [2.75, 3.05) is 13.1 Å². The monoisotopic (exact) mass is 316 g/mol. The summed E-state index contributed by atoms with van der Waals surface area (Å²) in [5.74, 6) is 0.842. The number of aromatic nitrogens is 5. The molecule has 0 unspecified atom stereocenters. The summed E-state index contributed by atoms with van der Waals surface area (Å²) in [6, 6.07) is 1.54. The minimum Gasteiger partial charge on any atom is -0.342 e. The summed E-state index contributed by atoms with van der Waals surface area (Å²) < 4.78 is 1.65. The van der Waals surface area contributed by atoms with E-state index in [1.807, 2.05) is 4.90 Å². The standard InChI is InChI=1S/C15H20N6O2/c1-11-18-13(7-14(22)19-11)12-3-2-5-20(8-12)15(23)4-6-21-10-16-9-17-21/h7,9-10,12H,2-6,8H2,1H3,(H,18,19,22)/t12-/m0/s1. The van der Waals surface area contributed by atoms with Crippen LogP contribution in [0.5, 0.6) is 0 Å². The van der Waals surface area contributed by atoms with Crippen LogP contribution in [0.15, 0.2) is 23.5 Å². The molecule has 1 amide bonds. The van der Waals surface area contributed by atoms with Crippen molar-refractivity contribution in [2.45, 2.75) is 38.6 Å². The number of aromatic amines is 1. The topological polar surface area (TPSA) is 96.8 Å². The van der Waals surface area contributed by atoms with Crippen molar-refractivity contribution in [3.8, 4) is 0 Å². The van der Waals surface area contributed by atoms with Crippen LogP contribution < -0.4 is 5.56 Å². The number of nitrogens with one attached hydrogen (secondary N) is 1. The van der Waals surface area contributed by atoms with Crippen LogP contribution in [0, 0.1) is 6.92 Å². The molecule has 2 aromatic rings. The molecule has 122 valence electrons. The van der Waals surface area contributed by atoms with Crippen molar-refractivity contribution < 1.29 is 4.79 Å². The van der Waals surface area contributed by atoms with Gasteiger partial charge in [0.1, 0.15) is 18.5 Å². The molecular weight excluding hydrogens is 296 g/mol. The number of hydrogen-bond acceptors (Lipinski definition) is 5. The highest BCUT2D eigenvalue weighted by molar-refractivity contribution is 5.76. The molecule has 1 N–H and O–H groups in total. The molecule has 0 saturated carbocycles. The second-order valence-electron chi connectivity index (χ2n) is 5.84. The summed E-state index contributed by atoms with van der Waals surface area (Å²) in [4.78, 5) is 36.8. The molecule has 0 spiro atoms. The number of aryl methyl sites for hydroxylation is 2. The Morgan fingerprint density at radius 2 is 2.35 bits per heavy atom. The first kappa shape index (κ1) is 15.4. The molecule has 3 rings (SSSR count). The summed E-state index contributed by atoms with van der Waals surface area (Å²) in [5.41, 5.74) is 0.641. The van der Waals surface area contributed by atoms with E-state index in [9.17, 15) is 9.59 Å². The van der Waals surface area contributed by atoms with Crippen LogP contribution in [0.1, 0.15) is 36.7 Å². The first-order chi connectivity index (χ1) is 11.1. The Morgan fingerprint density at radius 1 is 1.48 bits per heavy atom. The molecule has 0 aliphatic carbocycles. The quantitative estimate of drug-likeness (QED) is 0.884. The van der Waals surface area contributed by atoms with Gasteiger partial charge >= 0.3 is 0 Å². The fourth-order valence-corrected chi connectivity index (χ4v) is 2.97. The van der Waals surface area contributed by atoms with Gasteiger partial charge in [-0.15, -0.1) is 0 Å². The molecule has 0 bridgehead atoms. The molecule has 0 radical (unpaired) electrons. The van der Waals surface area contributed by atoms with E-state index in [0.717, 1.165) is 25.1 Å². The van der Waals surface area contributed by atoms with Gasteiger partial charge in [0.05, 0.1) is 12.2 Å². The zero-order chi connectivity index (χ0) is 16.2. The Bertz CT molecular complexity index is 724. The first-order valence-corrected chi connectivity index (χ1v) is 7.80. The summed E-state index contributed by atoms with van der Waals surface area (Å²) in [6.07, 6.45) is 5.34. The Balaban J connectivity index is 1.63. The van der Waals surface area contributed by atoms with E-state index in [2.05, 4.69) is 20.1 Å². The first-order valence-electron chi connectivity index (χ1n) is 7.80. The summed E-state index contributed by atoms with van der Waals surface area (Å²) in [7, 11) is 0. The molecule has 8 nitrogen and oxygen atoms in total. The summed E-state index contributed by atoms with van der Waals surface area (Å²) in [5, 5.41) is 4.00. The lowest BCUT2D eigenvalue weighted by molar-refractivity contribution is -0.132. The minimum absolute atomic E-state index is 0.103. The molecule has 2 aromatic heterocycles. The highest BCUT2D eigenvalue weighted by Gasteiger charge is 2.25. The Hall–Kier alpha value is -2.51. The van der Waals surface area contributed by atoms with E-state index >= 15 is 0 Å². The Morgan fingerprint density at radius 3 is 3.09 bits per heavy atom. The largest absolute Gasteiger partial charge is 0.342 e. The van der Waals surface area contributed by atoms with Gasteiger partial charge in [0.2, 0.25) is 5.91 Å². The van der Waals surface area contributed by atoms with Crippen molar-refractivity contribution in [3.05, 3.63) is 40.6 Å². The number of likely N-dealkylation sites (tertiary alicyclic amines) is 1. The van der Waals surface area contributed by atoms with Gasteiger partial charge in [0, 0.05) is 31.5 Å². The predicted molar refractivity (Wildman–Crippen MR) is 82.8 cm³/mol. The van der Waals surface area contributed by atoms with Crippen molar-refractivity contribution >= 4 is 5.91 Å². The Labute approximate surface area is 133 Å². The fourth-order valence-electron chi connectivity index (χ4n) is 2.97. The maximum atomic E-state index is 12.4. The number of rotatable bonds is 4. The fraction of sp³-hybridized carbons (Fsp3) is 0.533. The normalized spacial score (nSPS) is 18.1. The average Bonchev–Trinajstić information content (AvgIpc) is 3.05. The molecule has 3 heterocycles. The lowest BCUT2D eigenvalue weighted by Crippen LogP contribution is -2.40. The van der Waals surface area contributed by atoms with E-state index in [-0.39, 0.29) is 17.4 Å². The van der Waals surface area contributed by atoms with E-state index in [1.165, 1.54) is 6.33 Å². The molecule has 1 fully saturated rings. The van der Waals surface area contributed by atoms with E-state index in [1.54, 1.807) is 24.0 Å². The second-order valence-corrected chi connectivity index (χ2v) is 5.84. The molecule has 1 aliphatic rings. The van der Waals surface area contributed by atoms with Gasteiger partial charge in [-0.25, -0.2) is 9.97 Å². The van der Waals surface area contributed by atoms with Gasteiger partial charge in [-0.1, -0.05) is 0 Å². The van der Waals surface area contributed by atoms with E-state index in [0.29, 0.717) is 25.3 Å². The highest BCUT2D eigenvalue weighted by atomic mass is 16.2. The number of carbonyl (C=O) groups excluding carboxylic acids is 1. The van der Waals surface area contributed by atoms with Gasteiger partial charge in [-0.2, -0.15) is 5.10 Å². The third-order valence-corrected chi connectivity index (χ3v) is 4.09. The van der Waals surface area contributed by atoms with Gasteiger partial charge in [0.25, 0.3) is 5.56 Å². The lowest BCUT2D eigenvalue weighted by Gasteiger charge is -2.32. The smallest absolute Gasteiger partial charge is 0.251 e. The lowest BCUT2D eigenvalue weighted by atomic mass is 9.94. The average molecular weight is 316 g/mol. The van der Waals surface area contributed by atoms with Crippen LogP contribution in [0.2, 0.25) is 0 Å². The minimum atomic E-state index is -0.137. The number of amides is 1. The van der Waals surface area contributed by atoms with Crippen LogP contribution in [-0.2, 0) is 11.3 Å². The SMILES string of the molecule is Cc1nc([C@H]2CCCN(C(=O)CCn3cncn3)C2)cc(=O)[nH]1. The number of H-pyrrole nitrogens is 1. The Kier molecular flexibility index (Phi) is 4.50. The highest BCUT2D eigenvalue weighted by Crippen LogP contribution is 2.25. The zero-order valence-corrected chi connectivity index (χ0v) is 13.1. The number of piperidine rings is 1. The van der Waals surface area contributed by atoms with Crippen LogP contribution in [0.3, 0.4) is 0 Å².